The molecule has 2 N–H and O–H groups in total. The SMILES string of the molecule is NC(=O)Cc1nc2c(s1)CCCC2. The summed E-state index contributed by atoms with van der Waals surface area (Å²) in [6.45, 7) is 0. The van der Waals surface area contributed by atoms with Gasteiger partial charge < -0.3 is 5.73 Å². The fourth-order valence-electron chi connectivity index (χ4n) is 1.63. The number of thiazole rings is 1. The summed E-state index contributed by atoms with van der Waals surface area (Å²) in [5.41, 5.74) is 6.31. The van der Waals surface area contributed by atoms with Crippen molar-refractivity contribution in [3.05, 3.63) is 15.6 Å². The van der Waals surface area contributed by atoms with E-state index in [1.54, 1.807) is 11.3 Å². The van der Waals surface area contributed by atoms with Gasteiger partial charge in [-0.25, -0.2) is 4.98 Å². The Bertz CT molecular complexity index is 309. The maximum absolute atomic E-state index is 10.7. The Balaban J connectivity index is 2.20. The summed E-state index contributed by atoms with van der Waals surface area (Å²) < 4.78 is 0. The van der Waals surface area contributed by atoms with Crippen molar-refractivity contribution in [3.63, 3.8) is 0 Å². The van der Waals surface area contributed by atoms with Crippen LogP contribution in [0.1, 0.15) is 28.4 Å². The summed E-state index contributed by atoms with van der Waals surface area (Å²) in [7, 11) is 0. The minimum Gasteiger partial charge on any atom is -0.369 e. The Hall–Kier alpha value is -0.900. The molecule has 1 aliphatic carbocycles. The van der Waals surface area contributed by atoms with Crippen LogP contribution in [-0.4, -0.2) is 10.9 Å². The van der Waals surface area contributed by atoms with Crippen molar-refractivity contribution >= 4 is 17.2 Å². The van der Waals surface area contributed by atoms with Gasteiger partial charge in [0.25, 0.3) is 0 Å². The standard InChI is InChI=1S/C9H12N2OS/c10-8(12)5-9-11-6-3-1-2-4-7(6)13-9/h1-5H2,(H2,10,12). The number of carbonyl (C=O) groups is 1. The van der Waals surface area contributed by atoms with E-state index in [0.717, 1.165) is 17.8 Å². The molecular formula is C9H12N2OS. The molecule has 0 bridgehead atoms. The highest BCUT2D eigenvalue weighted by molar-refractivity contribution is 7.11. The Labute approximate surface area is 81.0 Å². The number of primary amides is 1. The van der Waals surface area contributed by atoms with Crippen LogP contribution in [0.3, 0.4) is 0 Å². The molecule has 1 aromatic heterocycles. The van der Waals surface area contributed by atoms with Gasteiger partial charge in [0.1, 0.15) is 5.01 Å². The average molecular weight is 196 g/mol. The zero-order valence-corrected chi connectivity index (χ0v) is 8.19. The molecular weight excluding hydrogens is 184 g/mol. The monoisotopic (exact) mass is 196 g/mol. The second-order valence-corrected chi connectivity index (χ2v) is 4.50. The van der Waals surface area contributed by atoms with Gasteiger partial charge in [-0.15, -0.1) is 11.3 Å². The summed E-state index contributed by atoms with van der Waals surface area (Å²) in [4.78, 5) is 16.4. The van der Waals surface area contributed by atoms with E-state index in [1.165, 1.54) is 23.4 Å². The van der Waals surface area contributed by atoms with Crippen molar-refractivity contribution in [2.75, 3.05) is 0 Å². The highest BCUT2D eigenvalue weighted by Gasteiger charge is 2.15. The van der Waals surface area contributed by atoms with E-state index in [1.807, 2.05) is 0 Å². The average Bonchev–Trinajstić information content (AvgIpc) is 2.44. The third-order valence-electron chi connectivity index (χ3n) is 2.22. The fourth-order valence-corrected chi connectivity index (χ4v) is 2.80. The summed E-state index contributed by atoms with van der Waals surface area (Å²) in [6, 6.07) is 0. The van der Waals surface area contributed by atoms with Gasteiger partial charge in [0, 0.05) is 4.88 Å². The Morgan fingerprint density at radius 3 is 2.92 bits per heavy atom. The number of carbonyl (C=O) groups excluding carboxylic acids is 1. The molecule has 0 fully saturated rings. The molecule has 2 rings (SSSR count). The minimum atomic E-state index is -0.286. The van der Waals surface area contributed by atoms with Crippen molar-refractivity contribution in [3.8, 4) is 0 Å². The van der Waals surface area contributed by atoms with Crippen LogP contribution < -0.4 is 5.73 Å². The minimum absolute atomic E-state index is 0.286. The first-order valence-electron chi connectivity index (χ1n) is 4.51. The van der Waals surface area contributed by atoms with Crippen LogP contribution in [0.15, 0.2) is 0 Å². The second-order valence-electron chi connectivity index (χ2n) is 3.33. The van der Waals surface area contributed by atoms with Crippen molar-refractivity contribution in [2.24, 2.45) is 5.73 Å². The number of nitrogens with zero attached hydrogens (tertiary/aromatic N) is 1. The normalized spacial score (nSPS) is 15.4. The van der Waals surface area contributed by atoms with Gasteiger partial charge in [-0.3, -0.25) is 4.79 Å². The first-order chi connectivity index (χ1) is 6.25. The molecule has 3 nitrogen and oxygen atoms in total. The summed E-state index contributed by atoms with van der Waals surface area (Å²) in [5.74, 6) is -0.286. The molecule has 0 aliphatic heterocycles. The van der Waals surface area contributed by atoms with Crippen LogP contribution in [0.4, 0.5) is 0 Å². The second kappa shape index (κ2) is 3.46. The van der Waals surface area contributed by atoms with Crippen molar-refractivity contribution in [1.82, 2.24) is 4.98 Å². The van der Waals surface area contributed by atoms with E-state index in [0.29, 0.717) is 6.42 Å². The number of aromatic nitrogens is 1. The van der Waals surface area contributed by atoms with E-state index in [9.17, 15) is 4.79 Å². The van der Waals surface area contributed by atoms with Crippen LogP contribution in [0.25, 0.3) is 0 Å². The number of hydrogen-bond donors (Lipinski definition) is 1. The molecule has 1 aromatic rings. The van der Waals surface area contributed by atoms with Gasteiger partial charge in [-0.1, -0.05) is 0 Å². The molecule has 0 radical (unpaired) electrons. The largest absolute Gasteiger partial charge is 0.369 e. The Morgan fingerprint density at radius 1 is 1.46 bits per heavy atom. The molecule has 0 atom stereocenters. The lowest BCUT2D eigenvalue weighted by Gasteiger charge is -2.06. The van der Waals surface area contributed by atoms with Gasteiger partial charge >= 0.3 is 0 Å². The van der Waals surface area contributed by atoms with Gasteiger partial charge in [0.2, 0.25) is 5.91 Å². The number of rotatable bonds is 2. The third-order valence-corrected chi connectivity index (χ3v) is 3.37. The van der Waals surface area contributed by atoms with E-state index < -0.39 is 0 Å². The molecule has 0 saturated heterocycles. The molecule has 13 heavy (non-hydrogen) atoms. The van der Waals surface area contributed by atoms with Gasteiger partial charge in [0.05, 0.1) is 12.1 Å². The lowest BCUT2D eigenvalue weighted by molar-refractivity contribution is -0.117. The molecule has 1 heterocycles. The zero-order chi connectivity index (χ0) is 9.26. The molecule has 1 aliphatic rings. The van der Waals surface area contributed by atoms with Gasteiger partial charge in [-0.05, 0) is 25.7 Å². The lowest BCUT2D eigenvalue weighted by Crippen LogP contribution is -2.13. The number of nitrogens with two attached hydrogens (primary N) is 1. The van der Waals surface area contributed by atoms with Crippen molar-refractivity contribution < 1.29 is 4.79 Å². The number of fused-ring (bicyclic) bond motifs is 1. The molecule has 0 saturated carbocycles. The molecule has 0 aromatic carbocycles. The summed E-state index contributed by atoms with van der Waals surface area (Å²) in [5, 5.41) is 0.888. The number of aryl methyl sites for hydroxylation is 2. The predicted molar refractivity (Wildman–Crippen MR) is 51.7 cm³/mol. The van der Waals surface area contributed by atoms with E-state index >= 15 is 0 Å². The van der Waals surface area contributed by atoms with E-state index in [2.05, 4.69) is 4.98 Å². The number of hydrogen-bond acceptors (Lipinski definition) is 3. The molecule has 4 heteroatoms. The van der Waals surface area contributed by atoms with Gasteiger partial charge in [0.15, 0.2) is 0 Å². The fraction of sp³-hybridized carbons (Fsp3) is 0.556. The van der Waals surface area contributed by atoms with Crippen LogP contribution in [0.2, 0.25) is 0 Å². The third kappa shape index (κ3) is 1.88. The lowest BCUT2D eigenvalue weighted by atomic mass is 10.0. The molecule has 0 unspecified atom stereocenters. The van der Waals surface area contributed by atoms with Crippen LogP contribution in [-0.2, 0) is 24.1 Å². The zero-order valence-electron chi connectivity index (χ0n) is 7.38. The first kappa shape index (κ1) is 8.69. The smallest absolute Gasteiger partial charge is 0.224 e. The first-order valence-corrected chi connectivity index (χ1v) is 5.33. The topological polar surface area (TPSA) is 56.0 Å². The Morgan fingerprint density at radius 2 is 2.23 bits per heavy atom. The van der Waals surface area contributed by atoms with Crippen LogP contribution >= 0.6 is 11.3 Å². The Kier molecular flexibility index (Phi) is 2.31. The maximum atomic E-state index is 10.7. The highest BCUT2D eigenvalue weighted by Crippen LogP contribution is 2.26. The summed E-state index contributed by atoms with van der Waals surface area (Å²) in [6.07, 6.45) is 4.99. The number of amides is 1. The molecule has 0 spiro atoms. The predicted octanol–water partition coefficient (Wildman–Crippen LogP) is 1.05. The van der Waals surface area contributed by atoms with E-state index in [-0.39, 0.29) is 5.91 Å². The van der Waals surface area contributed by atoms with Crippen LogP contribution in [0.5, 0.6) is 0 Å². The maximum Gasteiger partial charge on any atom is 0.224 e. The molecule has 1 amide bonds. The summed E-state index contributed by atoms with van der Waals surface area (Å²) >= 11 is 1.65. The highest BCUT2D eigenvalue weighted by atomic mass is 32.1. The van der Waals surface area contributed by atoms with Crippen molar-refractivity contribution in [1.29, 1.82) is 0 Å². The van der Waals surface area contributed by atoms with E-state index in [4.69, 9.17) is 5.73 Å². The van der Waals surface area contributed by atoms with Crippen molar-refractivity contribution in [2.45, 2.75) is 32.1 Å². The quantitative estimate of drug-likeness (QED) is 0.768. The van der Waals surface area contributed by atoms with Crippen LogP contribution in [0, 0.1) is 0 Å². The van der Waals surface area contributed by atoms with Gasteiger partial charge in [-0.2, -0.15) is 0 Å². The molecule has 70 valence electrons.